The Morgan fingerprint density at radius 2 is 2.21 bits per heavy atom. The van der Waals surface area contributed by atoms with Crippen LogP contribution in [-0.4, -0.2) is 17.0 Å². The maximum Gasteiger partial charge on any atom is 0.191 e. The SMILES string of the molecule is O=C(c1cccc(F)c1)C(O)C1CC1. The summed E-state index contributed by atoms with van der Waals surface area (Å²) in [4.78, 5) is 11.6. The number of Topliss-reactive ketones (excluding diaryl/α,β-unsaturated/α-hetero) is 1. The number of carbonyl (C=O) groups excluding carboxylic acids is 1. The molecular weight excluding hydrogens is 183 g/mol. The Kier molecular flexibility index (Phi) is 2.33. The molecule has 0 heterocycles. The molecule has 2 rings (SSSR count). The van der Waals surface area contributed by atoms with Gasteiger partial charge in [-0.15, -0.1) is 0 Å². The van der Waals surface area contributed by atoms with Crippen molar-refractivity contribution < 1.29 is 14.3 Å². The molecule has 0 bridgehead atoms. The molecule has 0 amide bonds. The number of aliphatic hydroxyl groups is 1. The molecule has 1 aliphatic carbocycles. The van der Waals surface area contributed by atoms with E-state index in [1.54, 1.807) is 0 Å². The maximum absolute atomic E-state index is 12.8. The van der Waals surface area contributed by atoms with Gasteiger partial charge in [0.05, 0.1) is 0 Å². The highest BCUT2D eigenvalue weighted by atomic mass is 19.1. The van der Waals surface area contributed by atoms with E-state index in [1.165, 1.54) is 18.2 Å². The first-order valence-corrected chi connectivity index (χ1v) is 4.66. The highest BCUT2D eigenvalue weighted by Gasteiger charge is 2.34. The lowest BCUT2D eigenvalue weighted by Crippen LogP contribution is -2.22. The summed E-state index contributed by atoms with van der Waals surface area (Å²) in [6, 6.07) is 5.44. The Labute approximate surface area is 81.4 Å². The zero-order valence-electron chi connectivity index (χ0n) is 7.61. The van der Waals surface area contributed by atoms with Crippen LogP contribution in [0.25, 0.3) is 0 Å². The average Bonchev–Trinajstić information content (AvgIpc) is 2.99. The van der Waals surface area contributed by atoms with Crippen molar-refractivity contribution in [2.24, 2.45) is 5.92 Å². The lowest BCUT2D eigenvalue weighted by atomic mass is 10.0. The van der Waals surface area contributed by atoms with Gasteiger partial charge in [-0.05, 0) is 30.9 Å². The highest BCUT2D eigenvalue weighted by Crippen LogP contribution is 2.33. The maximum atomic E-state index is 12.8. The fourth-order valence-corrected chi connectivity index (χ4v) is 1.44. The van der Waals surface area contributed by atoms with Crippen LogP contribution in [0.4, 0.5) is 4.39 Å². The third-order valence-corrected chi connectivity index (χ3v) is 2.45. The van der Waals surface area contributed by atoms with E-state index in [0.29, 0.717) is 0 Å². The second-order valence-electron chi connectivity index (χ2n) is 3.66. The number of hydrogen-bond acceptors (Lipinski definition) is 2. The number of aliphatic hydroxyl groups excluding tert-OH is 1. The first-order chi connectivity index (χ1) is 6.68. The molecule has 74 valence electrons. The molecule has 3 heteroatoms. The summed E-state index contributed by atoms with van der Waals surface area (Å²) < 4.78 is 12.8. The minimum atomic E-state index is -0.947. The average molecular weight is 194 g/mol. The molecule has 1 atom stereocenters. The molecule has 1 saturated carbocycles. The number of hydrogen-bond donors (Lipinski definition) is 1. The van der Waals surface area contributed by atoms with Gasteiger partial charge in [0, 0.05) is 5.56 Å². The van der Waals surface area contributed by atoms with E-state index < -0.39 is 11.9 Å². The van der Waals surface area contributed by atoms with Crippen molar-refractivity contribution in [3.8, 4) is 0 Å². The molecule has 0 saturated heterocycles. The van der Waals surface area contributed by atoms with Crippen molar-refractivity contribution in [2.45, 2.75) is 18.9 Å². The number of halogens is 1. The molecule has 0 aromatic heterocycles. The van der Waals surface area contributed by atoms with Crippen LogP contribution >= 0.6 is 0 Å². The topological polar surface area (TPSA) is 37.3 Å². The van der Waals surface area contributed by atoms with Gasteiger partial charge < -0.3 is 5.11 Å². The van der Waals surface area contributed by atoms with Gasteiger partial charge in [-0.3, -0.25) is 4.79 Å². The van der Waals surface area contributed by atoms with Crippen molar-refractivity contribution in [2.75, 3.05) is 0 Å². The normalized spacial score (nSPS) is 17.9. The van der Waals surface area contributed by atoms with Crippen molar-refractivity contribution in [1.82, 2.24) is 0 Å². The van der Waals surface area contributed by atoms with Gasteiger partial charge in [-0.2, -0.15) is 0 Å². The standard InChI is InChI=1S/C11H11FO2/c12-9-3-1-2-8(6-9)11(14)10(13)7-4-5-7/h1-3,6-7,10,13H,4-5H2. The summed E-state index contributed by atoms with van der Waals surface area (Å²) in [5.74, 6) is -0.725. The molecule has 1 aromatic rings. The van der Waals surface area contributed by atoms with E-state index in [2.05, 4.69) is 0 Å². The van der Waals surface area contributed by atoms with Crippen molar-refractivity contribution in [3.05, 3.63) is 35.6 Å². The fourth-order valence-electron chi connectivity index (χ4n) is 1.44. The quantitative estimate of drug-likeness (QED) is 0.745. The third kappa shape index (κ3) is 1.82. The molecule has 1 aromatic carbocycles. The second-order valence-corrected chi connectivity index (χ2v) is 3.66. The van der Waals surface area contributed by atoms with Gasteiger partial charge in [0.15, 0.2) is 5.78 Å². The van der Waals surface area contributed by atoms with Crippen LogP contribution in [0, 0.1) is 11.7 Å². The van der Waals surface area contributed by atoms with Crippen molar-refractivity contribution >= 4 is 5.78 Å². The molecular formula is C11H11FO2. The zero-order valence-corrected chi connectivity index (χ0v) is 7.61. The second kappa shape index (κ2) is 3.50. The Bertz CT molecular complexity index is 358. The molecule has 14 heavy (non-hydrogen) atoms. The third-order valence-electron chi connectivity index (χ3n) is 2.45. The summed E-state index contributed by atoms with van der Waals surface area (Å²) in [6.07, 6.45) is 0.835. The molecule has 2 nitrogen and oxygen atoms in total. The van der Waals surface area contributed by atoms with Crippen LogP contribution in [0.3, 0.4) is 0 Å². The van der Waals surface area contributed by atoms with Gasteiger partial charge in [0.2, 0.25) is 0 Å². The van der Waals surface area contributed by atoms with Crippen molar-refractivity contribution in [1.29, 1.82) is 0 Å². The summed E-state index contributed by atoms with van der Waals surface area (Å²) in [5, 5.41) is 9.53. The van der Waals surface area contributed by atoms with Crippen molar-refractivity contribution in [3.63, 3.8) is 0 Å². The molecule has 0 spiro atoms. The Morgan fingerprint density at radius 1 is 1.50 bits per heavy atom. The lowest BCUT2D eigenvalue weighted by Gasteiger charge is -2.07. The number of carbonyl (C=O) groups is 1. The smallest absolute Gasteiger partial charge is 0.191 e. The van der Waals surface area contributed by atoms with Gasteiger partial charge >= 0.3 is 0 Å². The Balaban J connectivity index is 2.17. The van der Waals surface area contributed by atoms with Crippen LogP contribution < -0.4 is 0 Å². The summed E-state index contributed by atoms with van der Waals surface area (Å²) >= 11 is 0. The number of ketones is 1. The first-order valence-electron chi connectivity index (χ1n) is 4.66. The van der Waals surface area contributed by atoms with E-state index in [4.69, 9.17) is 0 Å². The lowest BCUT2D eigenvalue weighted by molar-refractivity contribution is 0.0703. The van der Waals surface area contributed by atoms with Crippen LogP contribution in [0.1, 0.15) is 23.2 Å². The van der Waals surface area contributed by atoms with Gasteiger partial charge in [0.25, 0.3) is 0 Å². The van der Waals surface area contributed by atoms with E-state index in [0.717, 1.165) is 18.9 Å². The van der Waals surface area contributed by atoms with Crippen LogP contribution in [-0.2, 0) is 0 Å². The zero-order chi connectivity index (χ0) is 10.1. The summed E-state index contributed by atoms with van der Waals surface area (Å²) in [7, 11) is 0. The summed E-state index contributed by atoms with van der Waals surface area (Å²) in [6.45, 7) is 0. The van der Waals surface area contributed by atoms with Crippen LogP contribution in [0.2, 0.25) is 0 Å². The molecule has 1 aliphatic rings. The van der Waals surface area contributed by atoms with E-state index in [9.17, 15) is 14.3 Å². The molecule has 1 N–H and O–H groups in total. The minimum Gasteiger partial charge on any atom is -0.385 e. The minimum absolute atomic E-state index is 0.0887. The Morgan fingerprint density at radius 3 is 2.79 bits per heavy atom. The van der Waals surface area contributed by atoms with E-state index in [1.807, 2.05) is 0 Å². The van der Waals surface area contributed by atoms with E-state index in [-0.39, 0.29) is 17.3 Å². The van der Waals surface area contributed by atoms with Crippen LogP contribution in [0.15, 0.2) is 24.3 Å². The van der Waals surface area contributed by atoms with Gasteiger partial charge in [0.1, 0.15) is 11.9 Å². The number of rotatable bonds is 3. The Hall–Kier alpha value is -1.22. The molecule has 0 aliphatic heterocycles. The summed E-state index contributed by atoms with van der Waals surface area (Å²) in [5.41, 5.74) is 0.254. The molecule has 1 unspecified atom stereocenters. The molecule has 1 fully saturated rings. The monoisotopic (exact) mass is 194 g/mol. The van der Waals surface area contributed by atoms with Gasteiger partial charge in [-0.1, -0.05) is 12.1 Å². The number of benzene rings is 1. The highest BCUT2D eigenvalue weighted by molar-refractivity contribution is 5.99. The predicted molar refractivity (Wildman–Crippen MR) is 49.5 cm³/mol. The largest absolute Gasteiger partial charge is 0.385 e. The fraction of sp³-hybridized carbons (Fsp3) is 0.364. The predicted octanol–water partition coefficient (Wildman–Crippen LogP) is 1.78. The van der Waals surface area contributed by atoms with Crippen LogP contribution in [0.5, 0.6) is 0 Å². The first kappa shape index (κ1) is 9.34. The molecule has 0 radical (unpaired) electrons. The van der Waals surface area contributed by atoms with Gasteiger partial charge in [-0.25, -0.2) is 4.39 Å². The van der Waals surface area contributed by atoms with E-state index >= 15 is 0 Å².